The van der Waals surface area contributed by atoms with Gasteiger partial charge in [0.15, 0.2) is 5.78 Å². The van der Waals surface area contributed by atoms with Gasteiger partial charge in [-0.25, -0.2) is 0 Å². The van der Waals surface area contributed by atoms with Crippen LogP contribution in [0.3, 0.4) is 0 Å². The average molecular weight is 332 g/mol. The molecule has 132 valence electrons. The molecule has 4 rings (SSSR count). The molecule has 5 unspecified atom stereocenters. The molecule has 7 atom stereocenters. The van der Waals surface area contributed by atoms with Gasteiger partial charge in [0, 0.05) is 17.8 Å². The van der Waals surface area contributed by atoms with E-state index in [0.29, 0.717) is 18.4 Å². The predicted octanol–water partition coefficient (Wildman–Crippen LogP) is 2.28. The highest BCUT2D eigenvalue weighted by Crippen LogP contribution is 2.70. The maximum atomic E-state index is 13.1. The van der Waals surface area contributed by atoms with Gasteiger partial charge in [0.2, 0.25) is 0 Å². The average Bonchev–Trinajstić information content (AvgIpc) is 2.64. The smallest absolute Gasteiger partial charge is 0.170 e. The lowest BCUT2D eigenvalue weighted by Crippen LogP contribution is -2.67. The lowest BCUT2D eigenvalue weighted by molar-refractivity contribution is -0.222. The van der Waals surface area contributed by atoms with E-state index in [4.69, 9.17) is 0 Å². The van der Waals surface area contributed by atoms with Gasteiger partial charge in [-0.15, -0.1) is 0 Å². The Morgan fingerprint density at radius 3 is 2.42 bits per heavy atom. The number of carbonyl (C=O) groups is 2. The van der Waals surface area contributed by atoms with Crippen molar-refractivity contribution in [3.05, 3.63) is 12.2 Å². The van der Waals surface area contributed by atoms with E-state index in [1.165, 1.54) is 0 Å². The van der Waals surface area contributed by atoms with Gasteiger partial charge >= 0.3 is 0 Å². The van der Waals surface area contributed by atoms with E-state index < -0.39 is 23.0 Å². The Kier molecular flexibility index (Phi) is 3.15. The number of aliphatic hydroxyl groups excluding tert-OH is 2. The SMILES string of the molecule is C=C1C(=O)[C@@]23C(O)CC4C(C)(C)C(=O)CC[C@@]4(C)C2CCC1C3O. The van der Waals surface area contributed by atoms with Crippen LogP contribution in [0, 0.1) is 34.0 Å². The monoisotopic (exact) mass is 332 g/mol. The first-order valence-corrected chi connectivity index (χ1v) is 9.22. The molecular weight excluding hydrogens is 304 g/mol. The summed E-state index contributed by atoms with van der Waals surface area (Å²) in [6.45, 7) is 10.1. The number of Topliss-reactive ketones (excluding diaryl/α,β-unsaturated/α-hetero) is 2. The third-order valence-electron chi connectivity index (χ3n) is 8.43. The van der Waals surface area contributed by atoms with Gasteiger partial charge in [-0.3, -0.25) is 9.59 Å². The number of carbonyl (C=O) groups excluding carboxylic acids is 2. The van der Waals surface area contributed by atoms with E-state index in [2.05, 4.69) is 13.5 Å². The van der Waals surface area contributed by atoms with Crippen molar-refractivity contribution in [1.29, 1.82) is 0 Å². The van der Waals surface area contributed by atoms with Crippen LogP contribution in [0.2, 0.25) is 0 Å². The predicted molar refractivity (Wildman–Crippen MR) is 89.0 cm³/mol. The molecule has 4 aliphatic carbocycles. The Morgan fingerprint density at radius 2 is 1.75 bits per heavy atom. The maximum absolute atomic E-state index is 13.1. The van der Waals surface area contributed by atoms with Gasteiger partial charge in [-0.05, 0) is 48.5 Å². The molecule has 2 N–H and O–H groups in total. The van der Waals surface area contributed by atoms with Crippen LogP contribution in [0.1, 0.15) is 52.9 Å². The summed E-state index contributed by atoms with van der Waals surface area (Å²) in [5.74, 6) is -0.109. The summed E-state index contributed by atoms with van der Waals surface area (Å²) in [5, 5.41) is 22.1. The number of hydrogen-bond acceptors (Lipinski definition) is 4. The molecule has 4 fully saturated rings. The highest BCUT2D eigenvalue weighted by atomic mass is 16.3. The van der Waals surface area contributed by atoms with E-state index in [1.54, 1.807) is 0 Å². The van der Waals surface area contributed by atoms with E-state index in [0.717, 1.165) is 19.3 Å². The third kappa shape index (κ3) is 1.53. The summed E-state index contributed by atoms with van der Waals surface area (Å²) in [7, 11) is 0. The minimum Gasteiger partial charge on any atom is -0.392 e. The molecule has 4 aliphatic rings. The standard InChI is InChI=1S/C20H28O4/c1-10-11-5-6-12-19(4)8-7-14(21)18(2,3)13(19)9-15(22)20(12,16(10)23)17(11)24/h11-13,15,17,22,24H,1,5-9H2,2-4H3/t11?,12?,13?,15?,17?,19-,20-/m0/s1. The summed E-state index contributed by atoms with van der Waals surface area (Å²) in [6.07, 6.45) is 1.53. The van der Waals surface area contributed by atoms with E-state index >= 15 is 0 Å². The van der Waals surface area contributed by atoms with Gasteiger partial charge in [0.25, 0.3) is 0 Å². The summed E-state index contributed by atoms with van der Waals surface area (Å²) in [5.41, 5.74) is -1.29. The summed E-state index contributed by atoms with van der Waals surface area (Å²) in [6, 6.07) is 0. The molecule has 0 heterocycles. The van der Waals surface area contributed by atoms with Crippen molar-refractivity contribution in [2.75, 3.05) is 0 Å². The van der Waals surface area contributed by atoms with Crippen LogP contribution in [-0.2, 0) is 9.59 Å². The molecule has 0 aromatic carbocycles. The third-order valence-corrected chi connectivity index (χ3v) is 8.43. The highest BCUT2D eigenvalue weighted by molar-refractivity contribution is 6.04. The topological polar surface area (TPSA) is 74.6 Å². The number of ketones is 2. The quantitative estimate of drug-likeness (QED) is 0.667. The molecule has 0 aliphatic heterocycles. The van der Waals surface area contributed by atoms with E-state index in [-0.39, 0.29) is 34.7 Å². The molecule has 4 heteroatoms. The Labute approximate surface area is 143 Å². The molecule has 1 spiro atoms. The highest BCUT2D eigenvalue weighted by Gasteiger charge is 2.74. The fourth-order valence-electron chi connectivity index (χ4n) is 7.14. The van der Waals surface area contributed by atoms with Gasteiger partial charge in [-0.1, -0.05) is 27.4 Å². The fourth-order valence-corrected chi connectivity index (χ4v) is 7.14. The Hall–Kier alpha value is -1.00. The first-order chi connectivity index (χ1) is 11.1. The molecule has 4 nitrogen and oxygen atoms in total. The van der Waals surface area contributed by atoms with Gasteiger partial charge in [-0.2, -0.15) is 0 Å². The number of rotatable bonds is 0. The van der Waals surface area contributed by atoms with Gasteiger partial charge in [0.1, 0.15) is 5.78 Å². The zero-order valence-electron chi connectivity index (χ0n) is 14.8. The minimum atomic E-state index is -1.10. The zero-order chi connectivity index (χ0) is 17.7. The molecule has 4 saturated carbocycles. The van der Waals surface area contributed by atoms with Crippen LogP contribution < -0.4 is 0 Å². The van der Waals surface area contributed by atoms with E-state index in [9.17, 15) is 19.8 Å². The van der Waals surface area contributed by atoms with Crippen LogP contribution in [0.5, 0.6) is 0 Å². The minimum absolute atomic E-state index is 0.0438. The Bertz CT molecular complexity index is 650. The molecule has 2 bridgehead atoms. The second-order valence-corrected chi connectivity index (χ2v) is 9.42. The first kappa shape index (κ1) is 16.5. The van der Waals surface area contributed by atoms with Crippen molar-refractivity contribution in [2.45, 2.75) is 65.1 Å². The summed E-state index contributed by atoms with van der Waals surface area (Å²) >= 11 is 0. The molecule has 0 aromatic heterocycles. The zero-order valence-corrected chi connectivity index (χ0v) is 14.8. The fraction of sp³-hybridized carbons (Fsp3) is 0.800. The number of fused-ring (bicyclic) bond motifs is 3. The second kappa shape index (κ2) is 4.59. The van der Waals surface area contributed by atoms with Crippen molar-refractivity contribution in [2.24, 2.45) is 34.0 Å². The molecule has 24 heavy (non-hydrogen) atoms. The van der Waals surface area contributed by atoms with Crippen molar-refractivity contribution >= 4 is 11.6 Å². The second-order valence-electron chi connectivity index (χ2n) is 9.42. The van der Waals surface area contributed by atoms with Crippen LogP contribution in [0.15, 0.2) is 12.2 Å². The molecule has 0 radical (unpaired) electrons. The van der Waals surface area contributed by atoms with Gasteiger partial charge in [0.05, 0.1) is 17.6 Å². The van der Waals surface area contributed by atoms with Crippen LogP contribution in [0.25, 0.3) is 0 Å². The number of hydrogen-bond donors (Lipinski definition) is 2. The summed E-state index contributed by atoms with van der Waals surface area (Å²) in [4.78, 5) is 25.6. The molecule has 0 aromatic rings. The van der Waals surface area contributed by atoms with Crippen molar-refractivity contribution in [3.63, 3.8) is 0 Å². The van der Waals surface area contributed by atoms with Crippen molar-refractivity contribution < 1.29 is 19.8 Å². The van der Waals surface area contributed by atoms with E-state index in [1.807, 2.05) is 13.8 Å². The molecular formula is C20H28O4. The van der Waals surface area contributed by atoms with Crippen LogP contribution >= 0.6 is 0 Å². The lowest BCUT2D eigenvalue weighted by Gasteiger charge is -2.64. The Morgan fingerprint density at radius 1 is 1.08 bits per heavy atom. The van der Waals surface area contributed by atoms with Gasteiger partial charge < -0.3 is 10.2 Å². The maximum Gasteiger partial charge on any atom is 0.170 e. The van der Waals surface area contributed by atoms with Crippen LogP contribution in [0.4, 0.5) is 0 Å². The van der Waals surface area contributed by atoms with Crippen molar-refractivity contribution in [3.8, 4) is 0 Å². The van der Waals surface area contributed by atoms with Crippen molar-refractivity contribution in [1.82, 2.24) is 0 Å². The summed E-state index contributed by atoms with van der Waals surface area (Å²) < 4.78 is 0. The normalized spacial score (nSPS) is 52.9. The number of aliphatic hydroxyl groups is 2. The first-order valence-electron chi connectivity index (χ1n) is 9.22. The molecule has 0 saturated heterocycles. The van der Waals surface area contributed by atoms with Crippen LogP contribution in [-0.4, -0.2) is 34.0 Å². The lowest BCUT2D eigenvalue weighted by atomic mass is 9.39. The Balaban J connectivity index is 1.88. The largest absolute Gasteiger partial charge is 0.392 e. The molecule has 0 amide bonds.